The van der Waals surface area contributed by atoms with Crippen molar-refractivity contribution in [1.29, 1.82) is 0 Å². The van der Waals surface area contributed by atoms with Gasteiger partial charge >= 0.3 is 5.69 Å². The van der Waals surface area contributed by atoms with E-state index in [4.69, 9.17) is 10.5 Å². The first-order valence-electron chi connectivity index (χ1n) is 6.25. The molecule has 2 aromatic heterocycles. The number of anilines is 1. The second kappa shape index (κ2) is 4.49. The van der Waals surface area contributed by atoms with Crippen LogP contribution in [0, 0.1) is 0 Å². The summed E-state index contributed by atoms with van der Waals surface area (Å²) in [7, 11) is 0. The van der Waals surface area contributed by atoms with Crippen LogP contribution in [0.4, 0.5) is 5.95 Å². The van der Waals surface area contributed by atoms with Crippen molar-refractivity contribution in [2.24, 2.45) is 0 Å². The molecular weight excluding hydrogens is 282 g/mol. The standard InChI is InChI=1S/C11H15N5O5/c1-11(20)6(18)5(4-17)21-7(11)15-2-3-16-9(15)13-8(12)14-10(16)19/h2-3,5-7,17-18,20H,4H2,1H3,(H2,12,14,19). The first-order chi connectivity index (χ1) is 9.86. The summed E-state index contributed by atoms with van der Waals surface area (Å²) in [6, 6.07) is 0. The van der Waals surface area contributed by atoms with Gasteiger partial charge in [0.05, 0.1) is 6.61 Å². The highest BCUT2D eigenvalue weighted by molar-refractivity contribution is 5.35. The lowest BCUT2D eigenvalue weighted by Crippen LogP contribution is -2.44. The number of aliphatic hydroxyl groups excluding tert-OH is 2. The van der Waals surface area contributed by atoms with Crippen molar-refractivity contribution < 1.29 is 20.1 Å². The molecule has 1 aliphatic heterocycles. The van der Waals surface area contributed by atoms with Gasteiger partial charge in [0.15, 0.2) is 6.23 Å². The second-order valence-electron chi connectivity index (χ2n) is 5.12. The Labute approximate surface area is 118 Å². The zero-order valence-electron chi connectivity index (χ0n) is 11.1. The van der Waals surface area contributed by atoms with Crippen LogP contribution in [0.15, 0.2) is 17.2 Å². The van der Waals surface area contributed by atoms with Gasteiger partial charge in [-0.05, 0) is 6.92 Å². The highest BCUT2D eigenvalue weighted by atomic mass is 16.6. The summed E-state index contributed by atoms with van der Waals surface area (Å²) in [4.78, 5) is 19.1. The number of hydrogen-bond donors (Lipinski definition) is 4. The number of aliphatic hydroxyl groups is 3. The molecule has 0 aromatic carbocycles. The van der Waals surface area contributed by atoms with E-state index in [1.54, 1.807) is 0 Å². The van der Waals surface area contributed by atoms with Crippen LogP contribution in [-0.4, -0.2) is 58.7 Å². The first-order valence-corrected chi connectivity index (χ1v) is 6.25. The molecular formula is C11H15N5O5. The van der Waals surface area contributed by atoms with Gasteiger partial charge < -0.3 is 25.8 Å². The smallest absolute Gasteiger partial charge is 0.357 e. The number of hydrogen-bond acceptors (Lipinski definition) is 8. The molecule has 0 amide bonds. The van der Waals surface area contributed by atoms with Gasteiger partial charge in [0.1, 0.15) is 17.8 Å². The maximum Gasteiger partial charge on any atom is 0.357 e. The van der Waals surface area contributed by atoms with Gasteiger partial charge in [-0.3, -0.25) is 4.57 Å². The lowest BCUT2D eigenvalue weighted by Gasteiger charge is -2.27. The third kappa shape index (κ3) is 1.92. The molecule has 4 atom stereocenters. The molecule has 1 saturated heterocycles. The van der Waals surface area contributed by atoms with E-state index in [9.17, 15) is 20.1 Å². The maximum absolute atomic E-state index is 11.7. The predicted molar refractivity (Wildman–Crippen MR) is 69.3 cm³/mol. The van der Waals surface area contributed by atoms with Gasteiger partial charge in [-0.1, -0.05) is 0 Å². The van der Waals surface area contributed by atoms with E-state index in [2.05, 4.69) is 9.97 Å². The number of imidazole rings is 1. The number of nitrogens with two attached hydrogens (primary N) is 1. The number of ether oxygens (including phenoxy) is 1. The van der Waals surface area contributed by atoms with Crippen LogP contribution < -0.4 is 11.4 Å². The van der Waals surface area contributed by atoms with Crippen molar-refractivity contribution in [3.63, 3.8) is 0 Å². The molecule has 0 bridgehead atoms. The lowest BCUT2D eigenvalue weighted by atomic mass is 9.97. The van der Waals surface area contributed by atoms with E-state index >= 15 is 0 Å². The molecule has 3 rings (SSSR count). The molecule has 21 heavy (non-hydrogen) atoms. The summed E-state index contributed by atoms with van der Waals surface area (Å²) in [6.07, 6.45) is -0.423. The van der Waals surface area contributed by atoms with Crippen LogP contribution in [0.25, 0.3) is 5.78 Å². The van der Waals surface area contributed by atoms with E-state index < -0.39 is 36.3 Å². The predicted octanol–water partition coefficient (Wildman–Crippen LogP) is -2.53. The third-order valence-corrected chi connectivity index (χ3v) is 3.64. The number of rotatable bonds is 2. The first kappa shape index (κ1) is 13.9. The number of nitrogens with zero attached hydrogens (tertiary/aromatic N) is 4. The summed E-state index contributed by atoms with van der Waals surface area (Å²) in [6.45, 7) is 0.918. The Morgan fingerprint density at radius 1 is 1.48 bits per heavy atom. The average Bonchev–Trinajstić information content (AvgIpc) is 2.91. The minimum atomic E-state index is -1.68. The Morgan fingerprint density at radius 3 is 2.81 bits per heavy atom. The topological polar surface area (TPSA) is 148 Å². The summed E-state index contributed by atoms with van der Waals surface area (Å²) in [5.41, 5.74) is 3.16. The normalized spacial score (nSPS) is 32.9. The van der Waals surface area contributed by atoms with Crippen LogP contribution in [0.1, 0.15) is 13.2 Å². The molecule has 0 spiro atoms. The fraction of sp³-hybridized carbons (Fsp3) is 0.545. The third-order valence-electron chi connectivity index (χ3n) is 3.64. The van der Waals surface area contributed by atoms with Crippen LogP contribution in [-0.2, 0) is 4.74 Å². The lowest BCUT2D eigenvalue weighted by molar-refractivity contribution is -0.0950. The second-order valence-corrected chi connectivity index (χ2v) is 5.12. The highest BCUT2D eigenvalue weighted by Crippen LogP contribution is 2.38. The molecule has 10 nitrogen and oxygen atoms in total. The number of fused-ring (bicyclic) bond motifs is 1. The van der Waals surface area contributed by atoms with Crippen molar-refractivity contribution in [2.45, 2.75) is 31.0 Å². The molecule has 10 heteroatoms. The monoisotopic (exact) mass is 297 g/mol. The molecule has 0 saturated carbocycles. The van der Waals surface area contributed by atoms with Crippen LogP contribution in [0.3, 0.4) is 0 Å². The van der Waals surface area contributed by atoms with Crippen molar-refractivity contribution in [1.82, 2.24) is 18.9 Å². The van der Waals surface area contributed by atoms with Gasteiger partial charge in [0, 0.05) is 12.4 Å². The molecule has 0 aliphatic carbocycles. The van der Waals surface area contributed by atoms with Gasteiger partial charge in [0.25, 0.3) is 0 Å². The molecule has 1 aliphatic rings. The SMILES string of the molecule is CC1(O)C(O)C(CO)OC1n1ccn2c(=O)nc(N)nc12. The zero-order chi connectivity index (χ0) is 15.4. The Balaban J connectivity index is 2.15. The Bertz CT molecular complexity index is 738. The molecule has 114 valence electrons. The molecule has 0 radical (unpaired) electrons. The summed E-state index contributed by atoms with van der Waals surface area (Å²) < 4.78 is 7.96. The summed E-state index contributed by atoms with van der Waals surface area (Å²) >= 11 is 0. The van der Waals surface area contributed by atoms with Crippen molar-refractivity contribution in [3.8, 4) is 0 Å². The quantitative estimate of drug-likeness (QED) is 0.474. The average molecular weight is 297 g/mol. The van der Waals surface area contributed by atoms with E-state index in [-0.39, 0.29) is 11.7 Å². The van der Waals surface area contributed by atoms with Gasteiger partial charge in [-0.15, -0.1) is 0 Å². The maximum atomic E-state index is 11.7. The molecule has 5 N–H and O–H groups in total. The van der Waals surface area contributed by atoms with E-state index in [0.717, 1.165) is 4.40 Å². The van der Waals surface area contributed by atoms with Gasteiger partial charge in [0.2, 0.25) is 11.7 Å². The minimum Gasteiger partial charge on any atom is -0.394 e. The summed E-state index contributed by atoms with van der Waals surface area (Å²) in [5.74, 6) is -0.0968. The van der Waals surface area contributed by atoms with E-state index in [1.807, 2.05) is 0 Å². The van der Waals surface area contributed by atoms with Gasteiger partial charge in [-0.2, -0.15) is 9.97 Å². The van der Waals surface area contributed by atoms with Crippen molar-refractivity contribution in [3.05, 3.63) is 22.9 Å². The Hall–Kier alpha value is -2.01. The number of aromatic nitrogens is 4. The Kier molecular flexibility index (Phi) is 2.99. The van der Waals surface area contributed by atoms with Crippen LogP contribution >= 0.6 is 0 Å². The number of nitrogen functional groups attached to an aromatic ring is 1. The fourth-order valence-corrected chi connectivity index (χ4v) is 2.51. The zero-order valence-corrected chi connectivity index (χ0v) is 11.1. The van der Waals surface area contributed by atoms with Crippen molar-refractivity contribution in [2.75, 3.05) is 12.3 Å². The van der Waals surface area contributed by atoms with Crippen LogP contribution in [0.5, 0.6) is 0 Å². The van der Waals surface area contributed by atoms with Crippen LogP contribution in [0.2, 0.25) is 0 Å². The van der Waals surface area contributed by atoms with Gasteiger partial charge in [-0.25, -0.2) is 9.20 Å². The fourth-order valence-electron chi connectivity index (χ4n) is 2.51. The molecule has 1 fully saturated rings. The molecule has 3 heterocycles. The highest BCUT2D eigenvalue weighted by Gasteiger charge is 2.53. The van der Waals surface area contributed by atoms with Crippen molar-refractivity contribution >= 4 is 11.7 Å². The van der Waals surface area contributed by atoms with E-state index in [0.29, 0.717) is 0 Å². The largest absolute Gasteiger partial charge is 0.394 e. The van der Waals surface area contributed by atoms with E-state index in [1.165, 1.54) is 23.9 Å². The molecule has 4 unspecified atom stereocenters. The molecule has 2 aromatic rings. The summed E-state index contributed by atoms with van der Waals surface area (Å²) in [5, 5.41) is 29.6. The minimum absolute atomic E-state index is 0.114. The Morgan fingerprint density at radius 2 is 2.19 bits per heavy atom.